The lowest BCUT2D eigenvalue weighted by Gasteiger charge is -2.56. The molecule has 6 atom stereocenters. The van der Waals surface area contributed by atoms with Crippen molar-refractivity contribution in [3.05, 3.63) is 57.7 Å². The van der Waals surface area contributed by atoms with Crippen LogP contribution in [0.25, 0.3) is 6.08 Å². The first kappa shape index (κ1) is 36.1. The molecule has 1 saturated carbocycles. The van der Waals surface area contributed by atoms with Crippen LogP contribution in [0.15, 0.2) is 41.0 Å². The lowest BCUT2D eigenvalue weighted by Crippen LogP contribution is -2.72. The summed E-state index contributed by atoms with van der Waals surface area (Å²) in [5.41, 5.74) is -1.47. The smallest absolute Gasteiger partial charge is 0.333 e. The number of methoxy groups -OCH3 is 2. The van der Waals surface area contributed by atoms with Gasteiger partial charge in [0.05, 0.1) is 31.5 Å². The van der Waals surface area contributed by atoms with Crippen LogP contribution in [0.3, 0.4) is 0 Å². The van der Waals surface area contributed by atoms with Gasteiger partial charge in [-0.3, -0.25) is 9.59 Å². The summed E-state index contributed by atoms with van der Waals surface area (Å²) in [6.07, 6.45) is 10.9. The number of carbonyl (C=O) groups excluding carboxylic acids is 3. The number of carbonyl (C=O) groups is 3. The molecule has 9 nitrogen and oxygen atoms in total. The number of rotatable bonds is 9. The number of hydrogen-bond acceptors (Lipinski definition) is 9. The van der Waals surface area contributed by atoms with Crippen molar-refractivity contribution in [2.24, 2.45) is 17.3 Å². The van der Waals surface area contributed by atoms with E-state index in [0.717, 1.165) is 5.57 Å². The molecule has 1 N–H and O–H groups in total. The van der Waals surface area contributed by atoms with E-state index in [0.29, 0.717) is 70.8 Å². The van der Waals surface area contributed by atoms with Gasteiger partial charge in [-0.15, -0.1) is 0 Å². The quantitative estimate of drug-likeness (QED) is 0.165. The molecule has 2 fully saturated rings. The van der Waals surface area contributed by atoms with Gasteiger partial charge in [-0.05, 0) is 84.8 Å². The third-order valence-corrected chi connectivity index (χ3v) is 11.6. The minimum atomic E-state index is -1.56. The Hall–Kier alpha value is -3.69. The predicted octanol–water partition coefficient (Wildman–Crippen LogP) is 7.07. The van der Waals surface area contributed by atoms with Gasteiger partial charge in [-0.2, -0.15) is 0 Å². The lowest BCUT2D eigenvalue weighted by molar-refractivity contribution is -0.171. The molecule has 0 radical (unpaired) electrons. The largest absolute Gasteiger partial charge is 0.495 e. The molecule has 6 aliphatic rings. The van der Waals surface area contributed by atoms with E-state index in [2.05, 4.69) is 6.08 Å². The summed E-state index contributed by atoms with van der Waals surface area (Å²) < 4.78 is 32.1. The van der Waals surface area contributed by atoms with Crippen molar-refractivity contribution in [3.8, 4) is 17.2 Å². The molecular formula is C41H52O9. The van der Waals surface area contributed by atoms with Gasteiger partial charge in [0, 0.05) is 35.0 Å². The van der Waals surface area contributed by atoms with Crippen molar-refractivity contribution >= 4 is 23.6 Å². The van der Waals surface area contributed by atoms with Gasteiger partial charge < -0.3 is 28.8 Å². The van der Waals surface area contributed by atoms with Crippen LogP contribution in [-0.4, -0.2) is 65.4 Å². The first-order valence-electron chi connectivity index (χ1n) is 17.7. The van der Waals surface area contributed by atoms with Gasteiger partial charge in [0.2, 0.25) is 0 Å². The minimum Gasteiger partial charge on any atom is -0.495 e. The summed E-state index contributed by atoms with van der Waals surface area (Å²) in [4.78, 5) is 42.0. The van der Waals surface area contributed by atoms with Crippen LogP contribution in [0.1, 0.15) is 109 Å². The number of Topliss-reactive ketones (excluding diaryl/α,β-unsaturated/α-hetero) is 2. The van der Waals surface area contributed by atoms with E-state index in [-0.39, 0.29) is 29.3 Å². The molecule has 1 aromatic rings. The average molecular weight is 689 g/mol. The molecule has 3 heterocycles. The van der Waals surface area contributed by atoms with Crippen LogP contribution in [0.5, 0.6) is 17.2 Å². The summed E-state index contributed by atoms with van der Waals surface area (Å²) in [5.74, 6) is -0.597. The van der Waals surface area contributed by atoms with Crippen molar-refractivity contribution < 1.29 is 43.2 Å². The van der Waals surface area contributed by atoms with Crippen molar-refractivity contribution in [1.82, 2.24) is 0 Å². The Kier molecular flexibility index (Phi) is 8.63. The molecule has 1 spiro atoms. The number of ether oxygens (including phenoxy) is 5. The number of benzene rings is 1. The van der Waals surface area contributed by atoms with Crippen molar-refractivity contribution in [2.75, 3.05) is 14.2 Å². The monoisotopic (exact) mass is 688 g/mol. The fourth-order valence-electron chi connectivity index (χ4n) is 8.73. The van der Waals surface area contributed by atoms with Crippen LogP contribution in [0.4, 0.5) is 0 Å². The van der Waals surface area contributed by atoms with Gasteiger partial charge in [0.25, 0.3) is 0 Å². The third-order valence-electron chi connectivity index (χ3n) is 11.6. The van der Waals surface area contributed by atoms with Crippen LogP contribution < -0.4 is 14.2 Å². The molecule has 9 heteroatoms. The Morgan fingerprint density at radius 1 is 1.08 bits per heavy atom. The molecule has 1 aromatic carbocycles. The first-order valence-corrected chi connectivity index (χ1v) is 17.7. The topological polar surface area (TPSA) is 118 Å². The molecule has 1 saturated heterocycles. The maximum Gasteiger partial charge on any atom is 0.333 e. The molecule has 4 bridgehead atoms. The second kappa shape index (κ2) is 11.9. The highest BCUT2D eigenvalue weighted by Crippen LogP contribution is 2.68. The number of fused-ring (bicyclic) bond motifs is 2. The van der Waals surface area contributed by atoms with Crippen LogP contribution in [-0.2, 0) is 25.5 Å². The van der Waals surface area contributed by atoms with Crippen molar-refractivity contribution in [1.29, 1.82) is 0 Å². The number of esters is 1. The summed E-state index contributed by atoms with van der Waals surface area (Å²) in [7, 11) is 2.85. The van der Waals surface area contributed by atoms with Gasteiger partial charge in [0.1, 0.15) is 28.4 Å². The SMILES string of the molecule is COC(=O)/C(C)=C\C[C@@]12OC(C)(C)[C@@H]3C[C@@H](C=C4C(=O)c5c(OC)c6c(c(CC=C(C)C)c5O[C@]431)O[C@](C)(CC[C@H](O)C(C)(C)C)C=C6)C2=O. The predicted molar refractivity (Wildman–Crippen MR) is 190 cm³/mol. The fourth-order valence-corrected chi connectivity index (χ4v) is 8.73. The average Bonchev–Trinajstić information content (AvgIpc) is 3.20. The number of aliphatic hydroxyl groups excluding tert-OH is 1. The normalized spacial score (nSPS) is 30.7. The van der Waals surface area contributed by atoms with Gasteiger partial charge in [-0.1, -0.05) is 44.6 Å². The molecule has 0 unspecified atom stereocenters. The highest BCUT2D eigenvalue weighted by Gasteiger charge is 2.81. The van der Waals surface area contributed by atoms with Crippen LogP contribution in [0, 0.1) is 17.3 Å². The van der Waals surface area contributed by atoms with E-state index in [1.54, 1.807) is 19.1 Å². The summed E-state index contributed by atoms with van der Waals surface area (Å²) in [6, 6.07) is 0. The molecule has 0 aromatic heterocycles. The van der Waals surface area contributed by atoms with Gasteiger partial charge in [-0.25, -0.2) is 4.79 Å². The van der Waals surface area contributed by atoms with E-state index < -0.39 is 40.4 Å². The molecule has 3 aliphatic heterocycles. The second-order valence-corrected chi connectivity index (χ2v) is 16.7. The highest BCUT2D eigenvalue weighted by atomic mass is 16.6. The molecule has 7 rings (SSSR count). The molecule has 0 amide bonds. The Labute approximate surface area is 295 Å². The Morgan fingerprint density at radius 3 is 2.40 bits per heavy atom. The number of ketones is 2. The van der Waals surface area contributed by atoms with Crippen molar-refractivity contribution in [2.45, 2.75) is 123 Å². The number of hydrogen-bond donors (Lipinski definition) is 1. The van der Waals surface area contributed by atoms with Gasteiger partial charge in [0.15, 0.2) is 22.8 Å². The summed E-state index contributed by atoms with van der Waals surface area (Å²) in [5, 5.41) is 10.9. The molecule has 270 valence electrons. The first-order chi connectivity index (χ1) is 23.3. The summed E-state index contributed by atoms with van der Waals surface area (Å²) >= 11 is 0. The standard InChI is InChI=1S/C41H52O9/c1-22(2)12-13-25-32-26(15-17-39(9,48-32)18-16-29(42)37(4,5)6)33(46-10)30-31(43)27-20-24-21-28-38(7,8)50-40(35(24)44,41(27,28)49-34(25)30)19-14-23(3)36(45)47-11/h12,14-15,17,20,24,28-29,42H,13,16,18-19,21H2,1-11H3/b23-14-/t24-,28+,29+,39+,40+,41-/m1/s1. The van der Waals surface area contributed by atoms with E-state index in [1.807, 2.05) is 67.5 Å². The van der Waals surface area contributed by atoms with Crippen LogP contribution in [0.2, 0.25) is 0 Å². The Bertz CT molecular complexity index is 1780. The molecular weight excluding hydrogens is 636 g/mol. The lowest BCUT2D eigenvalue weighted by atomic mass is 9.51. The zero-order valence-electron chi connectivity index (χ0n) is 31.4. The van der Waals surface area contributed by atoms with E-state index in [4.69, 9.17) is 23.7 Å². The van der Waals surface area contributed by atoms with Crippen molar-refractivity contribution in [3.63, 3.8) is 0 Å². The fraction of sp³-hybridized carbons (Fsp3) is 0.585. The maximum absolute atomic E-state index is 15.1. The minimum absolute atomic E-state index is 0.0297. The third kappa shape index (κ3) is 5.21. The molecule has 3 aliphatic carbocycles. The van der Waals surface area contributed by atoms with E-state index >= 15 is 4.79 Å². The molecule has 50 heavy (non-hydrogen) atoms. The van der Waals surface area contributed by atoms with Crippen LogP contribution >= 0.6 is 0 Å². The van der Waals surface area contributed by atoms with Gasteiger partial charge >= 0.3 is 5.97 Å². The number of allylic oxidation sites excluding steroid dienone is 3. The zero-order chi connectivity index (χ0) is 36.8. The van der Waals surface area contributed by atoms with E-state index in [1.165, 1.54) is 14.2 Å². The van der Waals surface area contributed by atoms with E-state index in [9.17, 15) is 14.7 Å². The zero-order valence-corrected chi connectivity index (χ0v) is 31.4. The second-order valence-electron chi connectivity index (χ2n) is 16.7. The summed E-state index contributed by atoms with van der Waals surface area (Å²) in [6.45, 7) is 17.6. The Morgan fingerprint density at radius 2 is 1.78 bits per heavy atom. The Balaban J connectivity index is 1.57. The number of aliphatic hydroxyl groups is 1. The maximum atomic E-state index is 15.1. The highest BCUT2D eigenvalue weighted by molar-refractivity contribution is 6.19.